The molecule has 1 N–H and O–H groups in total. The summed E-state index contributed by atoms with van der Waals surface area (Å²) in [6.45, 7) is 3.72. The highest BCUT2D eigenvalue weighted by atomic mass is 35.5. The zero-order valence-corrected chi connectivity index (χ0v) is 23.1. The molecule has 7 heteroatoms. The Balaban J connectivity index is 1.63. The molecule has 2 amide bonds. The van der Waals surface area contributed by atoms with Crippen LogP contribution in [0.2, 0.25) is 5.02 Å². The second kappa shape index (κ2) is 12.9. The third kappa shape index (κ3) is 6.74. The average molecular weight is 534 g/mol. The summed E-state index contributed by atoms with van der Waals surface area (Å²) in [5.74, 6) is -0.422. The van der Waals surface area contributed by atoms with Gasteiger partial charge in [0.1, 0.15) is 0 Å². The lowest BCUT2D eigenvalue weighted by atomic mass is 9.94. The number of amides is 2. The van der Waals surface area contributed by atoms with Gasteiger partial charge in [0.2, 0.25) is 5.91 Å². The van der Waals surface area contributed by atoms with E-state index in [1.54, 1.807) is 24.3 Å². The molecule has 0 radical (unpaired) electrons. The minimum absolute atomic E-state index is 0.0261. The molecule has 1 saturated heterocycles. The van der Waals surface area contributed by atoms with Crippen molar-refractivity contribution in [2.45, 2.75) is 44.8 Å². The van der Waals surface area contributed by atoms with Gasteiger partial charge in [-0.05, 0) is 60.7 Å². The number of carbonyl (C=O) groups is 2. The first-order chi connectivity index (χ1) is 18.4. The predicted molar refractivity (Wildman–Crippen MR) is 154 cm³/mol. The van der Waals surface area contributed by atoms with Gasteiger partial charge in [-0.3, -0.25) is 9.59 Å². The third-order valence-corrected chi connectivity index (χ3v) is 7.30. The van der Waals surface area contributed by atoms with Gasteiger partial charge in [-0.25, -0.2) is 0 Å². The first kappa shape index (κ1) is 27.7. The normalized spacial score (nSPS) is 15.6. The van der Waals surface area contributed by atoms with Crippen LogP contribution in [0.15, 0.2) is 72.8 Å². The van der Waals surface area contributed by atoms with Crippen molar-refractivity contribution in [3.05, 3.63) is 94.5 Å². The Hall–Kier alpha value is -3.35. The molecular formula is C31H36ClN3O3. The molecule has 6 nitrogen and oxygen atoms in total. The molecular weight excluding hydrogens is 498 g/mol. The van der Waals surface area contributed by atoms with E-state index in [0.717, 1.165) is 36.3 Å². The number of hydrogen-bond donors (Lipinski definition) is 1. The molecule has 3 aromatic carbocycles. The van der Waals surface area contributed by atoms with Crippen molar-refractivity contribution >= 4 is 34.8 Å². The standard InChI is InChI=1S/C31H36ClN3O3/c1-4-26(22-11-6-5-7-12-22)31(37)35(21-25-13-10-18-38-25)20-23-19-24(16-17-29(23)34(2)3)33-30(36)27-14-8-9-15-28(27)32/h5-9,11-12,14-17,19,25-26H,4,10,13,18,20-21H2,1-3H3,(H,33,36). The number of carbonyl (C=O) groups excluding carboxylic acids is 2. The van der Waals surface area contributed by atoms with Gasteiger partial charge in [-0.1, -0.05) is 61.0 Å². The number of ether oxygens (including phenoxy) is 1. The number of halogens is 1. The van der Waals surface area contributed by atoms with Crippen LogP contribution in [0.3, 0.4) is 0 Å². The van der Waals surface area contributed by atoms with E-state index in [2.05, 4.69) is 12.2 Å². The minimum atomic E-state index is -0.276. The van der Waals surface area contributed by atoms with E-state index < -0.39 is 0 Å². The van der Waals surface area contributed by atoms with Crippen LogP contribution in [0, 0.1) is 0 Å². The number of rotatable bonds is 10. The quantitative estimate of drug-likeness (QED) is 0.329. The molecule has 1 heterocycles. The largest absolute Gasteiger partial charge is 0.377 e. The molecule has 0 saturated carbocycles. The molecule has 0 aliphatic carbocycles. The van der Waals surface area contributed by atoms with Gasteiger partial charge in [0.05, 0.1) is 22.6 Å². The Kier molecular flexibility index (Phi) is 9.43. The maximum Gasteiger partial charge on any atom is 0.257 e. The zero-order chi connectivity index (χ0) is 27.1. The number of nitrogens with one attached hydrogen (secondary N) is 1. The molecule has 0 aromatic heterocycles. The van der Waals surface area contributed by atoms with Crippen LogP contribution in [-0.2, 0) is 16.1 Å². The summed E-state index contributed by atoms with van der Waals surface area (Å²) >= 11 is 6.24. The summed E-state index contributed by atoms with van der Waals surface area (Å²) in [5.41, 5.74) is 4.01. The minimum Gasteiger partial charge on any atom is -0.377 e. The van der Waals surface area contributed by atoms with E-state index in [1.807, 2.05) is 72.4 Å². The predicted octanol–water partition coefficient (Wildman–Crippen LogP) is 6.36. The Labute approximate surface area is 230 Å². The second-order valence-corrected chi connectivity index (χ2v) is 10.3. The van der Waals surface area contributed by atoms with E-state index in [-0.39, 0.29) is 23.8 Å². The summed E-state index contributed by atoms with van der Waals surface area (Å²) in [5, 5.41) is 3.37. The SMILES string of the molecule is CCC(C(=O)N(Cc1cc(NC(=O)c2ccccc2Cl)ccc1N(C)C)CC1CCCO1)c1ccccc1. The van der Waals surface area contributed by atoms with E-state index in [4.69, 9.17) is 16.3 Å². The third-order valence-electron chi connectivity index (χ3n) is 6.97. The zero-order valence-electron chi connectivity index (χ0n) is 22.3. The molecule has 1 aliphatic rings. The number of nitrogens with zero attached hydrogens (tertiary/aromatic N) is 2. The Morgan fingerprint density at radius 3 is 2.45 bits per heavy atom. The molecule has 3 aromatic rings. The van der Waals surface area contributed by atoms with Gasteiger partial charge in [-0.15, -0.1) is 0 Å². The highest BCUT2D eigenvalue weighted by Crippen LogP contribution is 2.29. The fourth-order valence-corrected chi connectivity index (χ4v) is 5.22. The number of hydrogen-bond acceptors (Lipinski definition) is 4. The van der Waals surface area contributed by atoms with Crippen molar-refractivity contribution < 1.29 is 14.3 Å². The Morgan fingerprint density at radius 2 is 1.79 bits per heavy atom. The van der Waals surface area contributed by atoms with Gasteiger partial charge in [0.25, 0.3) is 5.91 Å². The van der Waals surface area contributed by atoms with Crippen LogP contribution >= 0.6 is 11.6 Å². The van der Waals surface area contributed by atoms with Crippen molar-refractivity contribution in [1.82, 2.24) is 4.90 Å². The van der Waals surface area contributed by atoms with Crippen molar-refractivity contribution in [3.63, 3.8) is 0 Å². The molecule has 0 spiro atoms. The Morgan fingerprint density at radius 1 is 1.05 bits per heavy atom. The molecule has 4 rings (SSSR count). The lowest BCUT2D eigenvalue weighted by molar-refractivity contribution is -0.135. The highest BCUT2D eigenvalue weighted by Gasteiger charge is 2.29. The molecule has 1 fully saturated rings. The molecule has 200 valence electrons. The van der Waals surface area contributed by atoms with Crippen LogP contribution < -0.4 is 10.2 Å². The second-order valence-electron chi connectivity index (χ2n) is 9.90. The van der Waals surface area contributed by atoms with Crippen LogP contribution in [0.4, 0.5) is 11.4 Å². The van der Waals surface area contributed by atoms with E-state index in [1.165, 1.54) is 0 Å². The maximum atomic E-state index is 14.0. The first-order valence-corrected chi connectivity index (χ1v) is 13.6. The molecule has 2 atom stereocenters. The van der Waals surface area contributed by atoms with Gasteiger partial charge in [0, 0.05) is 45.2 Å². The Bertz CT molecular complexity index is 1240. The number of benzene rings is 3. The van der Waals surface area contributed by atoms with E-state index in [9.17, 15) is 9.59 Å². The topological polar surface area (TPSA) is 61.9 Å². The summed E-state index contributed by atoms with van der Waals surface area (Å²) < 4.78 is 5.93. The van der Waals surface area contributed by atoms with Crippen LogP contribution in [0.1, 0.15) is 53.6 Å². The van der Waals surface area contributed by atoms with Crippen LogP contribution in [0.25, 0.3) is 0 Å². The highest BCUT2D eigenvalue weighted by molar-refractivity contribution is 6.34. The summed E-state index contributed by atoms with van der Waals surface area (Å²) in [6, 6.07) is 22.7. The molecule has 1 aliphatic heterocycles. The van der Waals surface area contributed by atoms with Crippen molar-refractivity contribution in [1.29, 1.82) is 0 Å². The van der Waals surface area contributed by atoms with Gasteiger partial charge in [-0.2, -0.15) is 0 Å². The van der Waals surface area contributed by atoms with Gasteiger partial charge in [0.15, 0.2) is 0 Å². The smallest absolute Gasteiger partial charge is 0.257 e. The van der Waals surface area contributed by atoms with Gasteiger partial charge >= 0.3 is 0 Å². The van der Waals surface area contributed by atoms with Crippen LogP contribution in [0.5, 0.6) is 0 Å². The lowest BCUT2D eigenvalue weighted by Gasteiger charge is -2.31. The number of anilines is 2. The molecule has 2 unspecified atom stereocenters. The summed E-state index contributed by atoms with van der Waals surface area (Å²) in [7, 11) is 3.96. The summed E-state index contributed by atoms with van der Waals surface area (Å²) in [4.78, 5) is 30.9. The fraction of sp³-hybridized carbons (Fsp3) is 0.355. The molecule has 38 heavy (non-hydrogen) atoms. The lowest BCUT2D eigenvalue weighted by Crippen LogP contribution is -2.40. The van der Waals surface area contributed by atoms with Crippen molar-refractivity contribution in [3.8, 4) is 0 Å². The maximum absolute atomic E-state index is 14.0. The van der Waals surface area contributed by atoms with E-state index >= 15 is 0 Å². The van der Waals surface area contributed by atoms with Gasteiger partial charge < -0.3 is 19.9 Å². The van der Waals surface area contributed by atoms with Crippen molar-refractivity contribution in [2.75, 3.05) is 37.5 Å². The monoisotopic (exact) mass is 533 g/mol. The van der Waals surface area contributed by atoms with Crippen molar-refractivity contribution in [2.24, 2.45) is 0 Å². The average Bonchev–Trinajstić information content (AvgIpc) is 3.43. The fourth-order valence-electron chi connectivity index (χ4n) is 5.00. The summed E-state index contributed by atoms with van der Waals surface area (Å²) in [6.07, 6.45) is 2.69. The van der Waals surface area contributed by atoms with E-state index in [0.29, 0.717) is 35.8 Å². The molecule has 0 bridgehead atoms. The first-order valence-electron chi connectivity index (χ1n) is 13.2. The van der Waals surface area contributed by atoms with Crippen LogP contribution in [-0.4, -0.2) is 50.1 Å².